The van der Waals surface area contributed by atoms with Gasteiger partial charge in [0.2, 0.25) is 5.91 Å². The number of aromatic nitrogens is 3. The summed E-state index contributed by atoms with van der Waals surface area (Å²) in [6.07, 6.45) is 0.112. The van der Waals surface area contributed by atoms with Crippen molar-refractivity contribution >= 4 is 50.6 Å². The highest BCUT2D eigenvalue weighted by Gasteiger charge is 2.31. The Morgan fingerprint density at radius 1 is 0.860 bits per heavy atom. The van der Waals surface area contributed by atoms with Crippen LogP contribution in [0, 0.1) is 0 Å². The van der Waals surface area contributed by atoms with E-state index < -0.39 is 12.0 Å². The molecule has 0 spiro atoms. The van der Waals surface area contributed by atoms with Crippen molar-refractivity contribution in [2.24, 2.45) is 5.73 Å². The fraction of sp³-hybridized carbons (Fsp3) is 0.206. The fourth-order valence-electron chi connectivity index (χ4n) is 6.29. The van der Waals surface area contributed by atoms with E-state index in [2.05, 4.69) is 9.97 Å². The summed E-state index contributed by atoms with van der Waals surface area (Å²) in [7, 11) is 1.38. The first-order valence-corrected chi connectivity index (χ1v) is 14.1. The summed E-state index contributed by atoms with van der Waals surface area (Å²) in [6, 6.07) is 22.0. The summed E-state index contributed by atoms with van der Waals surface area (Å²) >= 11 is 0. The number of carboxylic acid groups (broad SMARTS) is 1. The first-order valence-electron chi connectivity index (χ1n) is 14.1. The summed E-state index contributed by atoms with van der Waals surface area (Å²) < 4.78 is 6.70. The highest BCUT2D eigenvalue weighted by atomic mass is 16.5. The van der Waals surface area contributed by atoms with Crippen molar-refractivity contribution in [3.63, 3.8) is 0 Å². The monoisotopic (exact) mass is 576 g/mol. The molecule has 218 valence electrons. The number of methoxy groups -OCH3 is 1. The average molecular weight is 577 g/mol. The van der Waals surface area contributed by atoms with E-state index in [1.54, 1.807) is 4.57 Å². The lowest BCUT2D eigenvalue weighted by Crippen LogP contribution is -2.32. The van der Waals surface area contributed by atoms with Crippen LogP contribution >= 0.6 is 0 Å². The first-order chi connectivity index (χ1) is 20.7. The summed E-state index contributed by atoms with van der Waals surface area (Å²) in [6.45, 7) is 3.55. The van der Waals surface area contributed by atoms with Crippen molar-refractivity contribution < 1.29 is 24.2 Å². The zero-order valence-electron chi connectivity index (χ0n) is 24.1. The molecule has 0 fully saturated rings. The second-order valence-corrected chi connectivity index (χ2v) is 10.8. The molecule has 2 unspecified atom stereocenters. The normalized spacial score (nSPS) is 13.0. The number of hydrogen-bond acceptors (Lipinski definition) is 5. The molecule has 0 saturated carbocycles. The van der Waals surface area contributed by atoms with Gasteiger partial charge in [0, 0.05) is 63.4 Å². The number of fused-ring (bicyclic) bond motifs is 3. The van der Waals surface area contributed by atoms with Crippen molar-refractivity contribution in [1.29, 1.82) is 0 Å². The van der Waals surface area contributed by atoms with E-state index in [1.165, 1.54) is 14.0 Å². The lowest BCUT2D eigenvalue weighted by atomic mass is 9.91. The highest BCUT2D eigenvalue weighted by molar-refractivity contribution is 6.07. The van der Waals surface area contributed by atoms with Gasteiger partial charge in [-0.15, -0.1) is 0 Å². The number of carbonyl (C=O) groups excluding carboxylic acids is 2. The molecule has 0 aliphatic rings. The van der Waals surface area contributed by atoms with E-state index in [4.69, 9.17) is 10.5 Å². The van der Waals surface area contributed by atoms with Gasteiger partial charge in [-0.3, -0.25) is 19.0 Å². The summed E-state index contributed by atoms with van der Waals surface area (Å²) in [4.78, 5) is 45.0. The molecule has 43 heavy (non-hydrogen) atoms. The largest absolute Gasteiger partial charge is 0.480 e. The van der Waals surface area contributed by atoms with Crippen LogP contribution in [0.3, 0.4) is 0 Å². The Kier molecular flexibility index (Phi) is 7.11. The third-order valence-electron chi connectivity index (χ3n) is 8.27. The van der Waals surface area contributed by atoms with Crippen LogP contribution in [-0.2, 0) is 27.2 Å². The van der Waals surface area contributed by atoms with Crippen molar-refractivity contribution in [2.45, 2.75) is 38.6 Å². The first kappa shape index (κ1) is 28.0. The van der Waals surface area contributed by atoms with Gasteiger partial charge in [0.25, 0.3) is 0 Å². The van der Waals surface area contributed by atoms with Gasteiger partial charge in [0.05, 0.1) is 24.7 Å². The number of nitrogens with one attached hydrogen (secondary N) is 2. The minimum Gasteiger partial charge on any atom is -0.480 e. The highest BCUT2D eigenvalue weighted by Crippen LogP contribution is 2.44. The lowest BCUT2D eigenvalue weighted by Gasteiger charge is -2.17. The Labute approximate surface area is 247 Å². The third-order valence-corrected chi connectivity index (χ3v) is 8.27. The van der Waals surface area contributed by atoms with Crippen molar-refractivity contribution in [3.8, 4) is 11.3 Å². The number of nitrogens with two attached hydrogens (primary N) is 1. The molecule has 0 saturated heterocycles. The second kappa shape index (κ2) is 10.9. The Morgan fingerprint density at radius 2 is 1.44 bits per heavy atom. The molecule has 2 atom stereocenters. The van der Waals surface area contributed by atoms with Crippen LogP contribution in [0.4, 0.5) is 0 Å². The fourth-order valence-corrected chi connectivity index (χ4v) is 6.29. The van der Waals surface area contributed by atoms with Gasteiger partial charge in [0.15, 0.2) is 0 Å². The van der Waals surface area contributed by atoms with Gasteiger partial charge in [-0.2, -0.15) is 0 Å². The molecule has 9 heteroatoms. The Bertz CT molecular complexity index is 2050. The van der Waals surface area contributed by atoms with Gasteiger partial charge in [-0.1, -0.05) is 61.5 Å². The van der Waals surface area contributed by atoms with Crippen LogP contribution in [0.15, 0.2) is 72.8 Å². The summed E-state index contributed by atoms with van der Waals surface area (Å²) in [5, 5.41) is 12.3. The molecular weight excluding hydrogens is 544 g/mol. The lowest BCUT2D eigenvalue weighted by molar-refractivity contribution is -0.140. The molecule has 3 heterocycles. The minimum atomic E-state index is -1.17. The van der Waals surface area contributed by atoms with Crippen molar-refractivity contribution in [1.82, 2.24) is 14.5 Å². The number of ether oxygens (including phenoxy) is 1. The van der Waals surface area contributed by atoms with Gasteiger partial charge in [-0.25, -0.2) is 0 Å². The van der Waals surface area contributed by atoms with Gasteiger partial charge >= 0.3 is 11.9 Å². The predicted octanol–water partition coefficient (Wildman–Crippen LogP) is 5.75. The zero-order chi connectivity index (χ0) is 30.4. The number of aromatic amines is 2. The molecule has 0 amide bonds. The van der Waals surface area contributed by atoms with Crippen LogP contribution in [0.1, 0.15) is 47.1 Å². The van der Waals surface area contributed by atoms with E-state index in [0.717, 1.165) is 49.7 Å². The molecule has 6 aromatic rings. The molecule has 0 bridgehead atoms. The van der Waals surface area contributed by atoms with Gasteiger partial charge in [0.1, 0.15) is 6.04 Å². The van der Waals surface area contributed by atoms with E-state index in [-0.39, 0.29) is 30.6 Å². The van der Waals surface area contributed by atoms with Crippen LogP contribution in [0.2, 0.25) is 0 Å². The standard InChI is InChI=1S/C34H32N4O5/c1-18(31-23(17-29(40)43-3)20-10-4-7-13-26(20)36-31)32-30(22-12-5-8-14-27(22)37-32)33-24(16-25(35)34(41)42)21-11-6-9-15-28(21)38(33)19(2)39/h4-15,18,25,36-37H,16-17,35H2,1-3H3,(H,41,42). The molecule has 3 aromatic carbocycles. The molecule has 0 aliphatic heterocycles. The number of H-pyrrole nitrogens is 2. The number of para-hydroxylation sites is 3. The Hall–Kier alpha value is -5.15. The molecule has 9 nitrogen and oxygen atoms in total. The topological polar surface area (TPSA) is 143 Å². The van der Waals surface area contributed by atoms with Crippen molar-refractivity contribution in [2.75, 3.05) is 7.11 Å². The number of esters is 1. The molecule has 6 rings (SSSR count). The van der Waals surface area contributed by atoms with E-state index in [1.807, 2.05) is 79.7 Å². The molecule has 3 aromatic heterocycles. The Morgan fingerprint density at radius 3 is 2.09 bits per heavy atom. The van der Waals surface area contributed by atoms with Gasteiger partial charge < -0.3 is 25.5 Å². The molecule has 0 aliphatic carbocycles. The SMILES string of the molecule is COC(=O)Cc1c(C(C)c2[nH]c3ccccc3c2-c2c(CC(N)C(=O)O)c3ccccc3n2C(C)=O)[nH]c2ccccc12. The number of aliphatic carboxylic acids is 1. The number of carbonyl (C=O) groups is 3. The summed E-state index contributed by atoms with van der Waals surface area (Å²) in [5.74, 6) is -1.98. The van der Waals surface area contributed by atoms with Gasteiger partial charge in [-0.05, 0) is 29.3 Å². The minimum absolute atomic E-state index is 0.0266. The van der Waals surface area contributed by atoms with E-state index >= 15 is 0 Å². The van der Waals surface area contributed by atoms with Crippen LogP contribution in [0.5, 0.6) is 0 Å². The molecule has 5 N–H and O–H groups in total. The van der Waals surface area contributed by atoms with E-state index in [9.17, 15) is 19.5 Å². The number of benzene rings is 3. The smallest absolute Gasteiger partial charge is 0.320 e. The van der Waals surface area contributed by atoms with Crippen LogP contribution < -0.4 is 5.73 Å². The number of nitrogens with zero attached hydrogens (tertiary/aromatic N) is 1. The number of hydrogen-bond donors (Lipinski definition) is 4. The quantitative estimate of drug-likeness (QED) is 0.170. The van der Waals surface area contributed by atoms with Crippen molar-refractivity contribution in [3.05, 3.63) is 95.3 Å². The molecular formula is C34H32N4O5. The van der Waals surface area contributed by atoms with Crippen LogP contribution in [-0.4, -0.2) is 50.6 Å². The maximum atomic E-state index is 13.4. The average Bonchev–Trinajstić information content (AvgIpc) is 3.66. The Balaban J connectivity index is 1.68. The van der Waals surface area contributed by atoms with Crippen LogP contribution in [0.25, 0.3) is 44.0 Å². The number of rotatable bonds is 8. The number of carboxylic acids is 1. The zero-order valence-corrected chi connectivity index (χ0v) is 24.1. The third kappa shape index (κ3) is 4.67. The second-order valence-electron chi connectivity index (χ2n) is 10.8. The summed E-state index contributed by atoms with van der Waals surface area (Å²) in [5.41, 5.74) is 13.1. The predicted molar refractivity (Wildman–Crippen MR) is 166 cm³/mol. The molecule has 0 radical (unpaired) electrons. The maximum Gasteiger partial charge on any atom is 0.320 e. The van der Waals surface area contributed by atoms with E-state index in [0.29, 0.717) is 16.8 Å². The maximum absolute atomic E-state index is 13.4.